The molecule has 416 valence electrons. The maximum atomic E-state index is 13.8. The number of benzene rings is 1. The van der Waals surface area contributed by atoms with E-state index in [1.807, 2.05) is 37.5 Å². The van der Waals surface area contributed by atoms with Gasteiger partial charge >= 0.3 is 6.09 Å². The van der Waals surface area contributed by atoms with Crippen molar-refractivity contribution in [2.75, 3.05) is 59.8 Å². The zero-order valence-corrected chi connectivity index (χ0v) is 46.9. The molecule has 4 N–H and O–H groups in total. The highest BCUT2D eigenvalue weighted by molar-refractivity contribution is 5.96. The van der Waals surface area contributed by atoms with E-state index in [4.69, 9.17) is 14.2 Å². The number of likely N-dealkylation sites (tertiary alicyclic amines) is 2. The number of likely N-dealkylation sites (N-methyl/N-ethyl adjacent to an activating group) is 2. The molecule has 0 spiro atoms. The Morgan fingerprint density at radius 1 is 0.824 bits per heavy atom. The number of carbonyl (C=O) groups is 8. The number of hydrogen-bond donors (Lipinski definition) is 4. The summed E-state index contributed by atoms with van der Waals surface area (Å²) in [5.41, 5.74) is 1.04. The summed E-state index contributed by atoms with van der Waals surface area (Å²) in [7, 11) is 6.35. The minimum absolute atomic E-state index is 0.0113. The summed E-state index contributed by atoms with van der Waals surface area (Å²) in [5.74, 6) is -1.32. The Bertz CT molecular complexity index is 2090. The first kappa shape index (κ1) is 61.2. The molecule has 1 aromatic rings. The summed E-state index contributed by atoms with van der Waals surface area (Å²) in [6, 6.07) is 4.29. The normalized spacial score (nSPS) is 21.6. The summed E-state index contributed by atoms with van der Waals surface area (Å²) in [6.45, 7) is 20.3. The molecule has 1 aliphatic carbocycles. The highest BCUT2D eigenvalue weighted by Gasteiger charge is 2.67. The Morgan fingerprint density at radius 3 is 2.07 bits per heavy atom. The standard InChI is InChI=1S/C55H90N8O11/c1-15-36(8)50(42(72-13)29-45(66)62-26-19-20-41(62)51(73-14)35(6)7)60(11)47(68)31-57-53(70)49(34(4)5)61(12)54(71)74-32-38-22-24-39(25-23-38)58-44(65)30-56-52(69)48(33(2)3)59-43(64)21-17-16-18-27-63-46(67)28-40-37(9)55(40,63)10/h22-25,33-37,40-42,48-51H,15-21,26-32H2,1-14H3,(H,56,69)(H,57,70)(H,58,65)(H,59,64). The molecular weight excluding hydrogens is 949 g/mol. The van der Waals surface area contributed by atoms with Gasteiger partial charge in [0.15, 0.2) is 0 Å². The number of piperidine rings is 1. The van der Waals surface area contributed by atoms with Crippen LogP contribution in [-0.2, 0) is 54.4 Å². The van der Waals surface area contributed by atoms with Gasteiger partial charge in [-0.15, -0.1) is 0 Å². The number of unbranched alkanes of at least 4 members (excludes halogenated alkanes) is 2. The molecule has 4 rings (SSSR count). The van der Waals surface area contributed by atoms with E-state index in [0.717, 1.165) is 25.7 Å². The zero-order valence-electron chi connectivity index (χ0n) is 46.9. The number of rotatable bonds is 29. The Labute approximate surface area is 440 Å². The summed E-state index contributed by atoms with van der Waals surface area (Å²) >= 11 is 0. The first-order valence-electron chi connectivity index (χ1n) is 27.0. The van der Waals surface area contributed by atoms with Crippen LogP contribution in [-0.4, -0.2) is 163 Å². The van der Waals surface area contributed by atoms with Crippen molar-refractivity contribution >= 4 is 53.1 Å². The van der Waals surface area contributed by atoms with Crippen LogP contribution in [0.15, 0.2) is 24.3 Å². The van der Waals surface area contributed by atoms with Crippen molar-refractivity contribution in [3.05, 3.63) is 29.8 Å². The van der Waals surface area contributed by atoms with E-state index in [-0.39, 0.29) is 97.5 Å². The van der Waals surface area contributed by atoms with E-state index in [1.165, 1.54) is 11.9 Å². The molecule has 3 fully saturated rings. The van der Waals surface area contributed by atoms with Crippen molar-refractivity contribution in [2.24, 2.45) is 35.5 Å². The van der Waals surface area contributed by atoms with Gasteiger partial charge in [0.2, 0.25) is 41.4 Å². The first-order valence-corrected chi connectivity index (χ1v) is 27.0. The first-order chi connectivity index (χ1) is 34.9. The van der Waals surface area contributed by atoms with Crippen molar-refractivity contribution < 1.29 is 52.6 Å². The van der Waals surface area contributed by atoms with Crippen molar-refractivity contribution in [1.82, 2.24) is 35.6 Å². The van der Waals surface area contributed by atoms with Crippen LogP contribution in [0.5, 0.6) is 0 Å². The number of nitrogens with one attached hydrogen (secondary N) is 4. The van der Waals surface area contributed by atoms with Gasteiger partial charge in [-0.1, -0.05) is 87.3 Å². The van der Waals surface area contributed by atoms with Crippen molar-refractivity contribution in [1.29, 1.82) is 0 Å². The van der Waals surface area contributed by atoms with Crippen LogP contribution in [0.1, 0.15) is 133 Å². The number of methoxy groups -OCH3 is 2. The van der Waals surface area contributed by atoms with Crippen molar-refractivity contribution in [3.8, 4) is 0 Å². The molecule has 10 unspecified atom stereocenters. The van der Waals surface area contributed by atoms with Crippen molar-refractivity contribution in [2.45, 2.75) is 176 Å². The van der Waals surface area contributed by atoms with Gasteiger partial charge in [0.25, 0.3) is 0 Å². The van der Waals surface area contributed by atoms with Gasteiger partial charge in [0.05, 0.1) is 43.8 Å². The highest BCUT2D eigenvalue weighted by atomic mass is 16.6. The topological polar surface area (TPSA) is 225 Å². The van der Waals surface area contributed by atoms with E-state index < -0.39 is 48.0 Å². The Hall–Kier alpha value is -5.30. The summed E-state index contributed by atoms with van der Waals surface area (Å²) in [6.07, 6.45) is 4.23. The average molecular weight is 1040 g/mol. The second kappa shape index (κ2) is 28.0. The van der Waals surface area contributed by atoms with Gasteiger partial charge in [-0.25, -0.2) is 4.79 Å². The van der Waals surface area contributed by atoms with Crippen LogP contribution in [0.2, 0.25) is 0 Å². The third kappa shape index (κ3) is 15.6. The van der Waals surface area contributed by atoms with Crippen molar-refractivity contribution in [3.63, 3.8) is 0 Å². The number of anilines is 1. The second-order valence-corrected chi connectivity index (χ2v) is 22.1. The van der Waals surface area contributed by atoms with E-state index in [0.29, 0.717) is 55.4 Å². The fraction of sp³-hybridized carbons (Fsp3) is 0.745. The smallest absolute Gasteiger partial charge is 0.410 e. The molecule has 19 heteroatoms. The maximum Gasteiger partial charge on any atom is 0.410 e. The lowest BCUT2D eigenvalue weighted by molar-refractivity contribution is -0.144. The van der Waals surface area contributed by atoms with E-state index in [2.05, 4.69) is 49.0 Å². The van der Waals surface area contributed by atoms with Gasteiger partial charge in [-0.2, -0.15) is 0 Å². The van der Waals surface area contributed by atoms with Crippen LogP contribution < -0.4 is 21.3 Å². The lowest BCUT2D eigenvalue weighted by Gasteiger charge is -2.39. The third-order valence-electron chi connectivity index (χ3n) is 16.1. The Balaban J connectivity index is 1.20. The lowest BCUT2D eigenvalue weighted by atomic mass is 9.90. The second-order valence-electron chi connectivity index (χ2n) is 22.1. The molecule has 0 radical (unpaired) electrons. The number of ether oxygens (including phenoxy) is 3. The van der Waals surface area contributed by atoms with Gasteiger partial charge in [-0.05, 0) is 85.8 Å². The molecule has 74 heavy (non-hydrogen) atoms. The number of carbonyl (C=O) groups excluding carboxylic acids is 8. The summed E-state index contributed by atoms with van der Waals surface area (Å²) in [5, 5.41) is 10.9. The minimum atomic E-state index is -0.969. The largest absolute Gasteiger partial charge is 0.445 e. The molecule has 2 heterocycles. The molecule has 0 bridgehead atoms. The number of nitrogens with zero attached hydrogens (tertiary/aromatic N) is 4. The van der Waals surface area contributed by atoms with Crippen LogP contribution in [0.4, 0.5) is 10.5 Å². The molecular formula is C55H90N8O11. The summed E-state index contributed by atoms with van der Waals surface area (Å²) in [4.78, 5) is 112. The SMILES string of the molecule is CCC(C)C(C(CC(=O)N1CCCC1C(OC)C(C)C)OC)N(C)C(=O)CNC(=O)C(C(C)C)N(C)C(=O)OCc1ccc(NC(=O)CNC(=O)C(NC(=O)CCCCCN2C(=O)CC3C(C)C32C)C(C)C)cc1. The molecule has 19 nitrogen and oxygen atoms in total. The molecule has 1 aromatic carbocycles. The Kier molecular flexibility index (Phi) is 23.2. The van der Waals surface area contributed by atoms with Gasteiger partial charge < -0.3 is 50.2 Å². The molecule has 2 saturated heterocycles. The monoisotopic (exact) mass is 1040 g/mol. The van der Waals surface area contributed by atoms with Gasteiger partial charge in [0.1, 0.15) is 18.7 Å². The van der Waals surface area contributed by atoms with Gasteiger partial charge in [-0.3, -0.25) is 38.5 Å². The van der Waals surface area contributed by atoms with Crippen LogP contribution >= 0.6 is 0 Å². The molecule has 1 saturated carbocycles. The van der Waals surface area contributed by atoms with Gasteiger partial charge in [0, 0.05) is 65.5 Å². The van der Waals surface area contributed by atoms with E-state index >= 15 is 0 Å². The third-order valence-corrected chi connectivity index (χ3v) is 16.1. The summed E-state index contributed by atoms with van der Waals surface area (Å²) < 4.78 is 17.3. The molecule has 3 aliphatic rings. The van der Waals surface area contributed by atoms with E-state index in [9.17, 15) is 38.4 Å². The quantitative estimate of drug-likeness (QED) is 0.0749. The fourth-order valence-corrected chi connectivity index (χ4v) is 11.3. The predicted molar refractivity (Wildman–Crippen MR) is 282 cm³/mol. The lowest BCUT2D eigenvalue weighted by Crippen LogP contribution is -2.55. The molecule has 10 atom stereocenters. The highest BCUT2D eigenvalue weighted by Crippen LogP contribution is 2.60. The number of amides is 8. The molecule has 2 aliphatic heterocycles. The predicted octanol–water partition coefficient (Wildman–Crippen LogP) is 5.35. The number of hydrogen-bond acceptors (Lipinski definition) is 11. The average Bonchev–Trinajstić information content (AvgIpc) is 3.63. The molecule has 0 aromatic heterocycles. The van der Waals surface area contributed by atoms with Crippen LogP contribution in [0.3, 0.4) is 0 Å². The van der Waals surface area contributed by atoms with Crippen LogP contribution in [0, 0.1) is 35.5 Å². The fourth-order valence-electron chi connectivity index (χ4n) is 11.3. The number of fused-ring (bicyclic) bond motifs is 1. The minimum Gasteiger partial charge on any atom is -0.445 e. The van der Waals surface area contributed by atoms with E-state index in [1.54, 1.807) is 64.3 Å². The molecule has 8 amide bonds. The van der Waals surface area contributed by atoms with Crippen LogP contribution in [0.25, 0.3) is 0 Å². The Morgan fingerprint density at radius 2 is 1.49 bits per heavy atom. The maximum absolute atomic E-state index is 13.8. The zero-order chi connectivity index (χ0) is 55.2.